The number of carbonyl (C=O) groups is 2. The molecular weight excluding hydrogens is 253 g/mol. The van der Waals surface area contributed by atoms with Crippen molar-refractivity contribution in [3.05, 3.63) is 33.8 Å². The topological polar surface area (TPSA) is 57.6 Å². The first-order chi connectivity index (χ1) is 7.43. The van der Waals surface area contributed by atoms with Gasteiger partial charge in [0.25, 0.3) is 5.91 Å². The fraction of sp³-hybridized carbons (Fsp3) is 0.200. The van der Waals surface area contributed by atoms with Crippen LogP contribution in [0.4, 0.5) is 0 Å². The Morgan fingerprint density at radius 2 is 1.81 bits per heavy atom. The molecule has 1 rings (SSSR count). The van der Waals surface area contributed by atoms with Gasteiger partial charge in [0.15, 0.2) is 0 Å². The van der Waals surface area contributed by atoms with Crippen LogP contribution in [0.5, 0.6) is 0 Å². The zero-order valence-corrected chi connectivity index (χ0v) is 9.92. The molecule has 0 bridgehead atoms. The molecule has 86 valence electrons. The summed E-state index contributed by atoms with van der Waals surface area (Å²) in [6.07, 6.45) is 0. The zero-order valence-electron chi connectivity index (χ0n) is 8.41. The summed E-state index contributed by atoms with van der Waals surface area (Å²) in [5.74, 6) is -1.61. The number of amides is 1. The smallest absolute Gasteiger partial charge is 0.323 e. The second-order valence-corrected chi connectivity index (χ2v) is 3.97. The maximum absolute atomic E-state index is 11.8. The van der Waals surface area contributed by atoms with Crippen LogP contribution in [-0.4, -0.2) is 35.5 Å². The number of hydrogen-bond acceptors (Lipinski definition) is 2. The number of carbonyl (C=O) groups excluding carboxylic acids is 1. The minimum absolute atomic E-state index is 0.120. The summed E-state index contributed by atoms with van der Waals surface area (Å²) in [6.45, 7) is -0.402. The standard InChI is InChI=1S/C10H9Cl2NO3/c1-13(5-8(14)15)10(16)9-6(11)3-2-4-7(9)12/h2-4H,5H2,1H3,(H,14,15). The molecule has 4 nitrogen and oxygen atoms in total. The molecular formula is C10H9Cl2NO3. The summed E-state index contributed by atoms with van der Waals surface area (Å²) >= 11 is 11.7. The van der Waals surface area contributed by atoms with Gasteiger partial charge in [0, 0.05) is 7.05 Å². The van der Waals surface area contributed by atoms with E-state index in [-0.39, 0.29) is 15.6 Å². The van der Waals surface area contributed by atoms with Crippen LogP contribution in [0.1, 0.15) is 10.4 Å². The Bertz CT molecular complexity index is 414. The zero-order chi connectivity index (χ0) is 12.3. The van der Waals surface area contributed by atoms with E-state index in [4.69, 9.17) is 28.3 Å². The quantitative estimate of drug-likeness (QED) is 0.907. The average Bonchev–Trinajstić information content (AvgIpc) is 2.16. The minimum Gasteiger partial charge on any atom is -0.480 e. The van der Waals surface area contributed by atoms with E-state index in [2.05, 4.69) is 0 Å². The number of halogens is 2. The first-order valence-corrected chi connectivity index (χ1v) is 5.10. The van der Waals surface area contributed by atoms with Crippen LogP contribution in [0, 0.1) is 0 Å². The van der Waals surface area contributed by atoms with E-state index in [9.17, 15) is 9.59 Å². The lowest BCUT2D eigenvalue weighted by Gasteiger charge is -2.16. The molecule has 6 heteroatoms. The summed E-state index contributed by atoms with van der Waals surface area (Å²) in [7, 11) is 1.37. The Morgan fingerprint density at radius 1 is 1.31 bits per heavy atom. The average molecular weight is 262 g/mol. The highest BCUT2D eigenvalue weighted by molar-refractivity contribution is 6.39. The van der Waals surface area contributed by atoms with Gasteiger partial charge >= 0.3 is 5.97 Å². The van der Waals surface area contributed by atoms with Crippen molar-refractivity contribution in [1.82, 2.24) is 4.90 Å². The van der Waals surface area contributed by atoms with Gasteiger partial charge in [-0.05, 0) is 12.1 Å². The number of hydrogen-bond donors (Lipinski definition) is 1. The van der Waals surface area contributed by atoms with Crippen molar-refractivity contribution >= 4 is 35.1 Å². The van der Waals surface area contributed by atoms with Gasteiger partial charge in [-0.15, -0.1) is 0 Å². The molecule has 1 amide bonds. The third kappa shape index (κ3) is 2.87. The number of carboxylic acid groups (broad SMARTS) is 1. The first-order valence-electron chi connectivity index (χ1n) is 4.34. The van der Waals surface area contributed by atoms with Crippen molar-refractivity contribution in [1.29, 1.82) is 0 Å². The summed E-state index contributed by atoms with van der Waals surface area (Å²) in [5, 5.41) is 8.97. The maximum Gasteiger partial charge on any atom is 0.323 e. The molecule has 0 radical (unpaired) electrons. The third-order valence-corrected chi connectivity index (χ3v) is 2.53. The second-order valence-electron chi connectivity index (χ2n) is 3.15. The summed E-state index contributed by atoms with van der Waals surface area (Å²) in [4.78, 5) is 23.3. The molecule has 1 N–H and O–H groups in total. The summed E-state index contributed by atoms with van der Waals surface area (Å²) in [5.41, 5.74) is 0.120. The second kappa shape index (κ2) is 5.18. The SMILES string of the molecule is CN(CC(=O)O)C(=O)c1c(Cl)cccc1Cl. The van der Waals surface area contributed by atoms with Crippen molar-refractivity contribution in [3.8, 4) is 0 Å². The fourth-order valence-corrected chi connectivity index (χ4v) is 1.73. The summed E-state index contributed by atoms with van der Waals surface area (Å²) < 4.78 is 0. The van der Waals surface area contributed by atoms with Gasteiger partial charge in [-0.3, -0.25) is 9.59 Å². The van der Waals surface area contributed by atoms with Gasteiger partial charge in [0.2, 0.25) is 0 Å². The van der Waals surface area contributed by atoms with Crippen molar-refractivity contribution in [2.45, 2.75) is 0 Å². The Labute approximate surface area is 102 Å². The molecule has 0 aliphatic rings. The molecule has 0 fully saturated rings. The Hall–Kier alpha value is -1.26. The van der Waals surface area contributed by atoms with Crippen LogP contribution in [0.2, 0.25) is 10.0 Å². The highest BCUT2D eigenvalue weighted by Gasteiger charge is 2.19. The number of likely N-dealkylation sites (N-methyl/N-ethyl adjacent to an activating group) is 1. The van der Waals surface area contributed by atoms with Crippen molar-refractivity contribution in [3.63, 3.8) is 0 Å². The van der Waals surface area contributed by atoms with Gasteiger partial charge < -0.3 is 10.0 Å². The van der Waals surface area contributed by atoms with Crippen LogP contribution in [0.25, 0.3) is 0 Å². The molecule has 0 heterocycles. The van der Waals surface area contributed by atoms with E-state index in [0.29, 0.717) is 0 Å². The molecule has 1 aromatic carbocycles. The minimum atomic E-state index is -1.10. The van der Waals surface area contributed by atoms with Gasteiger partial charge in [0.1, 0.15) is 6.54 Å². The van der Waals surface area contributed by atoms with Crippen LogP contribution < -0.4 is 0 Å². The lowest BCUT2D eigenvalue weighted by Crippen LogP contribution is -2.32. The predicted molar refractivity (Wildman–Crippen MR) is 61.1 cm³/mol. The number of nitrogens with zero attached hydrogens (tertiary/aromatic N) is 1. The van der Waals surface area contributed by atoms with Crippen LogP contribution in [0.3, 0.4) is 0 Å². The lowest BCUT2D eigenvalue weighted by atomic mass is 10.2. The molecule has 0 atom stereocenters. The molecule has 0 saturated carbocycles. The number of benzene rings is 1. The van der Waals surface area contributed by atoms with Crippen molar-refractivity contribution in [2.24, 2.45) is 0 Å². The molecule has 0 aliphatic carbocycles. The predicted octanol–water partition coefficient (Wildman–Crippen LogP) is 2.15. The van der Waals surface area contributed by atoms with E-state index in [1.807, 2.05) is 0 Å². The number of rotatable bonds is 3. The molecule has 16 heavy (non-hydrogen) atoms. The molecule has 0 aliphatic heterocycles. The van der Waals surface area contributed by atoms with Crippen LogP contribution in [-0.2, 0) is 4.79 Å². The molecule has 0 spiro atoms. The summed E-state index contributed by atoms with van der Waals surface area (Å²) in [6, 6.07) is 4.66. The lowest BCUT2D eigenvalue weighted by molar-refractivity contribution is -0.137. The molecule has 0 aromatic heterocycles. The molecule has 1 aromatic rings. The van der Waals surface area contributed by atoms with E-state index in [0.717, 1.165) is 4.90 Å². The number of aliphatic carboxylic acids is 1. The van der Waals surface area contributed by atoms with Gasteiger partial charge in [-0.1, -0.05) is 29.3 Å². The Morgan fingerprint density at radius 3 is 2.25 bits per heavy atom. The molecule has 0 saturated heterocycles. The monoisotopic (exact) mass is 261 g/mol. The van der Waals surface area contributed by atoms with E-state index in [1.54, 1.807) is 6.07 Å². The van der Waals surface area contributed by atoms with E-state index in [1.165, 1.54) is 19.2 Å². The highest BCUT2D eigenvalue weighted by atomic mass is 35.5. The van der Waals surface area contributed by atoms with Crippen LogP contribution in [0.15, 0.2) is 18.2 Å². The van der Waals surface area contributed by atoms with Gasteiger partial charge in [-0.2, -0.15) is 0 Å². The fourth-order valence-electron chi connectivity index (χ4n) is 1.17. The maximum atomic E-state index is 11.8. The van der Waals surface area contributed by atoms with Crippen molar-refractivity contribution in [2.75, 3.05) is 13.6 Å². The van der Waals surface area contributed by atoms with E-state index < -0.39 is 18.4 Å². The van der Waals surface area contributed by atoms with Crippen LogP contribution >= 0.6 is 23.2 Å². The Balaban J connectivity index is 3.00. The van der Waals surface area contributed by atoms with E-state index >= 15 is 0 Å². The highest BCUT2D eigenvalue weighted by Crippen LogP contribution is 2.25. The largest absolute Gasteiger partial charge is 0.480 e. The first kappa shape index (κ1) is 12.8. The van der Waals surface area contributed by atoms with Crippen molar-refractivity contribution < 1.29 is 14.7 Å². The van der Waals surface area contributed by atoms with Gasteiger partial charge in [0.05, 0.1) is 15.6 Å². The van der Waals surface area contributed by atoms with Gasteiger partial charge in [-0.25, -0.2) is 0 Å². The Kier molecular flexibility index (Phi) is 4.15. The normalized spacial score (nSPS) is 9.94. The third-order valence-electron chi connectivity index (χ3n) is 1.90. The number of carboxylic acids is 1. The molecule has 0 unspecified atom stereocenters.